The predicted molar refractivity (Wildman–Crippen MR) is 106 cm³/mol. The number of ether oxygens (including phenoxy) is 1. The third-order valence-corrected chi connectivity index (χ3v) is 4.76. The number of nitrogens with one attached hydrogen (secondary N) is 1. The molecule has 28 heavy (non-hydrogen) atoms. The minimum Gasteiger partial charge on any atom is -0.465 e. The highest BCUT2D eigenvalue weighted by Gasteiger charge is 2.32. The van der Waals surface area contributed by atoms with Crippen LogP contribution in [0.25, 0.3) is 0 Å². The monoisotopic (exact) mass is 380 g/mol. The Bertz CT molecular complexity index is 808. The highest BCUT2D eigenvalue weighted by Crippen LogP contribution is 2.21. The van der Waals surface area contributed by atoms with Gasteiger partial charge in [0.25, 0.3) is 0 Å². The molecule has 0 saturated carbocycles. The highest BCUT2D eigenvalue weighted by atomic mass is 16.5. The topological polar surface area (TPSA) is 78.9 Å². The standard InChI is InChI=1S/C22H24N2O4/c25-21(28-16-18-11-5-2-6-12-18)23-19-13-7-8-14-20(19)24(22(26)27)15-17-9-3-1-4-10-17/h1-12,19-20H,13-16H2,(H,23,25)(H,26,27)/t19-,20?/m0/s1. The Kier molecular flexibility index (Phi) is 6.68. The number of amides is 2. The first-order chi connectivity index (χ1) is 13.6. The molecule has 0 radical (unpaired) electrons. The van der Waals surface area contributed by atoms with Gasteiger partial charge in [-0.1, -0.05) is 72.8 Å². The average Bonchev–Trinajstić information content (AvgIpc) is 2.72. The average molecular weight is 380 g/mol. The zero-order chi connectivity index (χ0) is 19.8. The Balaban J connectivity index is 1.64. The number of carboxylic acid groups (broad SMARTS) is 1. The van der Waals surface area contributed by atoms with Crippen molar-refractivity contribution in [2.75, 3.05) is 0 Å². The van der Waals surface area contributed by atoms with Crippen LogP contribution < -0.4 is 5.32 Å². The maximum absolute atomic E-state index is 12.3. The van der Waals surface area contributed by atoms with E-state index in [4.69, 9.17) is 4.74 Å². The van der Waals surface area contributed by atoms with Crippen molar-refractivity contribution in [2.24, 2.45) is 0 Å². The van der Waals surface area contributed by atoms with Gasteiger partial charge in [-0.15, -0.1) is 0 Å². The predicted octanol–water partition coefficient (Wildman–Crippen LogP) is 4.18. The first-order valence-electron chi connectivity index (χ1n) is 9.29. The summed E-state index contributed by atoms with van der Waals surface area (Å²) in [6.45, 7) is 0.443. The number of benzene rings is 2. The van der Waals surface area contributed by atoms with Crippen LogP contribution in [0.4, 0.5) is 9.59 Å². The molecule has 0 bridgehead atoms. The van der Waals surface area contributed by atoms with Crippen molar-refractivity contribution in [1.29, 1.82) is 0 Å². The number of hydrogen-bond acceptors (Lipinski definition) is 3. The van der Waals surface area contributed by atoms with Crippen LogP contribution in [0.3, 0.4) is 0 Å². The summed E-state index contributed by atoms with van der Waals surface area (Å²) in [5.41, 5.74) is 1.80. The van der Waals surface area contributed by atoms with Gasteiger partial charge < -0.3 is 15.2 Å². The first-order valence-corrected chi connectivity index (χ1v) is 9.29. The summed E-state index contributed by atoms with van der Waals surface area (Å²) in [6.07, 6.45) is 3.47. The molecule has 2 aromatic rings. The van der Waals surface area contributed by atoms with Crippen molar-refractivity contribution >= 4 is 12.2 Å². The maximum Gasteiger partial charge on any atom is 0.407 e. The largest absolute Gasteiger partial charge is 0.465 e. The molecule has 2 N–H and O–H groups in total. The quantitative estimate of drug-likeness (QED) is 0.737. The molecule has 1 unspecified atom stereocenters. The van der Waals surface area contributed by atoms with Crippen LogP contribution in [-0.4, -0.2) is 34.3 Å². The molecule has 0 saturated heterocycles. The van der Waals surface area contributed by atoms with E-state index in [-0.39, 0.29) is 25.2 Å². The summed E-state index contributed by atoms with van der Waals surface area (Å²) < 4.78 is 5.30. The van der Waals surface area contributed by atoms with E-state index < -0.39 is 12.2 Å². The molecule has 146 valence electrons. The summed E-state index contributed by atoms with van der Waals surface area (Å²) in [6, 6.07) is 18.2. The Labute approximate surface area is 164 Å². The van der Waals surface area contributed by atoms with Crippen LogP contribution in [0.5, 0.6) is 0 Å². The Morgan fingerprint density at radius 1 is 0.964 bits per heavy atom. The van der Waals surface area contributed by atoms with E-state index in [0.717, 1.165) is 11.1 Å². The second-order valence-corrected chi connectivity index (χ2v) is 6.72. The van der Waals surface area contributed by atoms with E-state index in [1.807, 2.05) is 72.8 Å². The summed E-state index contributed by atoms with van der Waals surface area (Å²) in [5, 5.41) is 12.6. The second-order valence-electron chi connectivity index (χ2n) is 6.72. The minimum atomic E-state index is -1.01. The molecule has 6 nitrogen and oxygen atoms in total. The number of carbonyl (C=O) groups is 2. The molecule has 2 atom stereocenters. The molecular weight excluding hydrogens is 356 g/mol. The van der Waals surface area contributed by atoms with Crippen LogP contribution in [0, 0.1) is 0 Å². The molecule has 0 aromatic heterocycles. The molecule has 0 spiro atoms. The summed E-state index contributed by atoms with van der Waals surface area (Å²) in [4.78, 5) is 25.6. The maximum atomic E-state index is 12.3. The van der Waals surface area contributed by atoms with E-state index >= 15 is 0 Å². The van der Waals surface area contributed by atoms with E-state index in [0.29, 0.717) is 12.8 Å². The normalized spacial score (nSPS) is 18.3. The van der Waals surface area contributed by atoms with Gasteiger partial charge in [0.05, 0.1) is 12.1 Å². The van der Waals surface area contributed by atoms with Gasteiger partial charge in [-0.25, -0.2) is 9.59 Å². The van der Waals surface area contributed by atoms with E-state index in [1.165, 1.54) is 4.90 Å². The molecular formula is C22H24N2O4. The van der Waals surface area contributed by atoms with Gasteiger partial charge in [-0.05, 0) is 24.0 Å². The van der Waals surface area contributed by atoms with Gasteiger partial charge >= 0.3 is 12.2 Å². The van der Waals surface area contributed by atoms with Crippen LogP contribution in [0.2, 0.25) is 0 Å². The lowest BCUT2D eigenvalue weighted by atomic mass is 9.94. The van der Waals surface area contributed by atoms with Crippen molar-refractivity contribution < 1.29 is 19.4 Å². The zero-order valence-corrected chi connectivity index (χ0v) is 15.5. The third kappa shape index (κ3) is 5.36. The lowest BCUT2D eigenvalue weighted by Crippen LogP contribution is -2.53. The van der Waals surface area contributed by atoms with Gasteiger partial charge in [-0.2, -0.15) is 0 Å². The molecule has 0 aliphatic heterocycles. The van der Waals surface area contributed by atoms with E-state index in [1.54, 1.807) is 0 Å². The van der Waals surface area contributed by atoms with Gasteiger partial charge in [-0.3, -0.25) is 4.90 Å². The van der Waals surface area contributed by atoms with Crippen molar-refractivity contribution in [3.05, 3.63) is 83.9 Å². The summed E-state index contributed by atoms with van der Waals surface area (Å²) in [7, 11) is 0. The highest BCUT2D eigenvalue weighted by molar-refractivity contribution is 5.69. The molecule has 1 aliphatic rings. The smallest absolute Gasteiger partial charge is 0.407 e. The SMILES string of the molecule is O=C(N[C@H]1CC=CCC1N(Cc1ccccc1)C(=O)O)OCc1ccccc1. The fourth-order valence-electron chi connectivity index (χ4n) is 3.32. The molecule has 0 heterocycles. The van der Waals surface area contributed by atoms with Crippen LogP contribution in [-0.2, 0) is 17.9 Å². The van der Waals surface area contributed by atoms with Gasteiger partial charge in [0.2, 0.25) is 0 Å². The molecule has 0 fully saturated rings. The van der Waals surface area contributed by atoms with Crippen molar-refractivity contribution in [3.8, 4) is 0 Å². The van der Waals surface area contributed by atoms with Crippen molar-refractivity contribution in [2.45, 2.75) is 38.1 Å². The second kappa shape index (κ2) is 9.60. The number of rotatable bonds is 6. The number of nitrogens with zero attached hydrogens (tertiary/aromatic N) is 1. The summed E-state index contributed by atoms with van der Waals surface area (Å²) in [5.74, 6) is 0. The van der Waals surface area contributed by atoms with Gasteiger partial charge in [0.1, 0.15) is 6.61 Å². The molecule has 6 heteroatoms. The summed E-state index contributed by atoms with van der Waals surface area (Å²) >= 11 is 0. The van der Waals surface area contributed by atoms with Gasteiger partial charge in [0, 0.05) is 6.54 Å². The fourth-order valence-corrected chi connectivity index (χ4v) is 3.32. The minimum absolute atomic E-state index is 0.173. The fraction of sp³-hybridized carbons (Fsp3) is 0.273. The Morgan fingerprint density at radius 3 is 2.21 bits per heavy atom. The van der Waals surface area contributed by atoms with Crippen molar-refractivity contribution in [3.63, 3.8) is 0 Å². The van der Waals surface area contributed by atoms with E-state index in [2.05, 4.69) is 5.32 Å². The number of hydrogen-bond donors (Lipinski definition) is 2. The lowest BCUT2D eigenvalue weighted by molar-refractivity contribution is 0.0962. The lowest BCUT2D eigenvalue weighted by Gasteiger charge is -2.36. The zero-order valence-electron chi connectivity index (χ0n) is 15.5. The third-order valence-electron chi connectivity index (χ3n) is 4.76. The van der Waals surface area contributed by atoms with Crippen LogP contribution in [0.1, 0.15) is 24.0 Å². The number of carbonyl (C=O) groups excluding carboxylic acids is 1. The van der Waals surface area contributed by atoms with E-state index in [9.17, 15) is 14.7 Å². The Hall–Kier alpha value is -3.28. The van der Waals surface area contributed by atoms with Crippen molar-refractivity contribution in [1.82, 2.24) is 10.2 Å². The Morgan fingerprint density at radius 2 is 1.57 bits per heavy atom. The van der Waals surface area contributed by atoms with Crippen LogP contribution >= 0.6 is 0 Å². The first kappa shape index (κ1) is 19.5. The molecule has 1 aliphatic carbocycles. The molecule has 2 aromatic carbocycles. The number of alkyl carbamates (subject to hydrolysis) is 1. The molecule has 3 rings (SSSR count). The molecule has 2 amide bonds. The van der Waals surface area contributed by atoms with Gasteiger partial charge in [0.15, 0.2) is 0 Å². The van der Waals surface area contributed by atoms with Crippen LogP contribution in [0.15, 0.2) is 72.8 Å².